The SMILES string of the molecule is CCc1nn(C)cc1NC(c1ccccc1)C1CC1. The molecule has 2 aromatic rings. The molecule has 0 amide bonds. The molecule has 3 rings (SSSR count). The van der Waals surface area contributed by atoms with Crippen molar-refractivity contribution in [1.82, 2.24) is 9.78 Å². The van der Waals surface area contributed by atoms with Crippen LogP contribution in [0.25, 0.3) is 0 Å². The van der Waals surface area contributed by atoms with E-state index in [2.05, 4.69) is 53.9 Å². The minimum atomic E-state index is 0.427. The molecule has 3 heteroatoms. The molecule has 19 heavy (non-hydrogen) atoms. The zero-order valence-corrected chi connectivity index (χ0v) is 11.6. The van der Waals surface area contributed by atoms with Gasteiger partial charge in [-0.05, 0) is 30.7 Å². The van der Waals surface area contributed by atoms with Crippen molar-refractivity contribution >= 4 is 5.69 Å². The lowest BCUT2D eigenvalue weighted by Crippen LogP contribution is -2.13. The smallest absolute Gasteiger partial charge is 0.0853 e. The lowest BCUT2D eigenvalue weighted by molar-refractivity contribution is 0.678. The number of nitrogens with zero attached hydrogens (tertiary/aromatic N) is 2. The molecule has 1 saturated carbocycles. The second-order valence-electron chi connectivity index (χ2n) is 5.39. The Balaban J connectivity index is 1.86. The van der Waals surface area contributed by atoms with E-state index < -0.39 is 0 Å². The number of nitrogens with one attached hydrogen (secondary N) is 1. The molecule has 1 atom stereocenters. The molecule has 0 radical (unpaired) electrons. The second kappa shape index (κ2) is 5.08. The van der Waals surface area contributed by atoms with Gasteiger partial charge in [0, 0.05) is 13.2 Å². The van der Waals surface area contributed by atoms with Gasteiger partial charge in [0.25, 0.3) is 0 Å². The summed E-state index contributed by atoms with van der Waals surface area (Å²) in [4.78, 5) is 0. The normalized spacial score (nSPS) is 16.3. The number of aromatic nitrogens is 2. The van der Waals surface area contributed by atoms with E-state index in [4.69, 9.17) is 0 Å². The molecule has 0 saturated heterocycles. The first-order chi connectivity index (χ1) is 9.28. The van der Waals surface area contributed by atoms with Gasteiger partial charge in [0.15, 0.2) is 0 Å². The highest BCUT2D eigenvalue weighted by atomic mass is 15.3. The Labute approximate surface area is 114 Å². The van der Waals surface area contributed by atoms with Crippen LogP contribution in [0.5, 0.6) is 0 Å². The average Bonchev–Trinajstić information content (AvgIpc) is 3.21. The van der Waals surface area contributed by atoms with Gasteiger partial charge in [-0.15, -0.1) is 0 Å². The molecular formula is C16H21N3. The van der Waals surface area contributed by atoms with Gasteiger partial charge in [-0.25, -0.2) is 0 Å². The van der Waals surface area contributed by atoms with Gasteiger partial charge in [0.1, 0.15) is 0 Å². The van der Waals surface area contributed by atoms with Crippen LogP contribution in [0.3, 0.4) is 0 Å². The number of benzene rings is 1. The zero-order valence-electron chi connectivity index (χ0n) is 11.6. The number of hydrogen-bond acceptors (Lipinski definition) is 2. The maximum Gasteiger partial charge on any atom is 0.0853 e. The summed E-state index contributed by atoms with van der Waals surface area (Å²) in [5, 5.41) is 8.22. The Morgan fingerprint density at radius 3 is 2.68 bits per heavy atom. The van der Waals surface area contributed by atoms with E-state index in [-0.39, 0.29) is 0 Å². The summed E-state index contributed by atoms with van der Waals surface area (Å²) < 4.78 is 1.90. The topological polar surface area (TPSA) is 29.9 Å². The van der Waals surface area contributed by atoms with Gasteiger partial charge in [-0.3, -0.25) is 4.68 Å². The lowest BCUT2D eigenvalue weighted by Gasteiger charge is -2.19. The van der Waals surface area contributed by atoms with Crippen LogP contribution in [0.2, 0.25) is 0 Å². The Morgan fingerprint density at radius 2 is 2.05 bits per heavy atom. The second-order valence-corrected chi connectivity index (χ2v) is 5.39. The first-order valence-corrected chi connectivity index (χ1v) is 7.12. The molecule has 1 heterocycles. The van der Waals surface area contributed by atoms with Crippen LogP contribution in [-0.4, -0.2) is 9.78 Å². The van der Waals surface area contributed by atoms with Gasteiger partial charge in [0.05, 0.1) is 17.4 Å². The molecule has 0 spiro atoms. The highest BCUT2D eigenvalue weighted by Gasteiger charge is 2.32. The molecule has 3 nitrogen and oxygen atoms in total. The fraction of sp³-hybridized carbons (Fsp3) is 0.438. The van der Waals surface area contributed by atoms with Crippen LogP contribution in [-0.2, 0) is 13.5 Å². The van der Waals surface area contributed by atoms with Gasteiger partial charge >= 0.3 is 0 Å². The van der Waals surface area contributed by atoms with E-state index in [1.54, 1.807) is 0 Å². The Morgan fingerprint density at radius 1 is 1.32 bits per heavy atom. The highest BCUT2D eigenvalue weighted by molar-refractivity contribution is 5.49. The fourth-order valence-electron chi connectivity index (χ4n) is 2.65. The summed E-state index contributed by atoms with van der Waals surface area (Å²) >= 11 is 0. The van der Waals surface area contributed by atoms with Crippen molar-refractivity contribution in [3.8, 4) is 0 Å². The van der Waals surface area contributed by atoms with Crippen LogP contribution >= 0.6 is 0 Å². The molecular weight excluding hydrogens is 234 g/mol. The van der Waals surface area contributed by atoms with E-state index >= 15 is 0 Å². The Hall–Kier alpha value is -1.77. The van der Waals surface area contributed by atoms with Crippen molar-refractivity contribution < 1.29 is 0 Å². The molecule has 1 unspecified atom stereocenters. The molecule has 1 N–H and O–H groups in total. The largest absolute Gasteiger partial charge is 0.375 e. The van der Waals surface area contributed by atoms with Gasteiger partial charge < -0.3 is 5.32 Å². The molecule has 0 aliphatic heterocycles. The van der Waals surface area contributed by atoms with Crippen molar-refractivity contribution in [2.24, 2.45) is 13.0 Å². The molecule has 100 valence electrons. The molecule has 1 aromatic heterocycles. The number of aryl methyl sites for hydroxylation is 2. The standard InChI is InChI=1S/C16H21N3/c1-3-14-15(11-19(2)18-14)17-16(13-9-10-13)12-7-5-4-6-8-12/h4-8,11,13,16-17H,3,9-10H2,1-2H3. The van der Waals surface area contributed by atoms with E-state index in [0.717, 1.165) is 18.0 Å². The van der Waals surface area contributed by atoms with Crippen molar-refractivity contribution in [1.29, 1.82) is 0 Å². The summed E-state index contributed by atoms with van der Waals surface area (Å²) in [6.45, 7) is 2.15. The van der Waals surface area contributed by atoms with Crippen molar-refractivity contribution in [2.75, 3.05) is 5.32 Å². The van der Waals surface area contributed by atoms with Crippen LogP contribution in [0.1, 0.15) is 37.1 Å². The molecule has 0 bridgehead atoms. The molecule has 1 aromatic carbocycles. The molecule has 1 fully saturated rings. The van der Waals surface area contributed by atoms with Crippen LogP contribution in [0.15, 0.2) is 36.5 Å². The van der Waals surface area contributed by atoms with E-state index in [0.29, 0.717) is 6.04 Å². The molecule has 1 aliphatic rings. The monoisotopic (exact) mass is 255 g/mol. The summed E-state index contributed by atoms with van der Waals surface area (Å²) in [6, 6.07) is 11.2. The third-order valence-corrected chi connectivity index (χ3v) is 3.80. The van der Waals surface area contributed by atoms with E-state index in [9.17, 15) is 0 Å². The summed E-state index contributed by atoms with van der Waals surface area (Å²) in [5.74, 6) is 0.771. The van der Waals surface area contributed by atoms with E-state index in [1.165, 1.54) is 24.1 Å². The Kier molecular flexibility index (Phi) is 3.28. The first-order valence-electron chi connectivity index (χ1n) is 7.12. The number of anilines is 1. The average molecular weight is 255 g/mol. The van der Waals surface area contributed by atoms with Crippen molar-refractivity contribution in [2.45, 2.75) is 32.2 Å². The van der Waals surface area contributed by atoms with Crippen LogP contribution < -0.4 is 5.32 Å². The molecule has 1 aliphatic carbocycles. The van der Waals surface area contributed by atoms with Crippen molar-refractivity contribution in [3.05, 3.63) is 47.8 Å². The van der Waals surface area contributed by atoms with Crippen LogP contribution in [0, 0.1) is 5.92 Å². The first kappa shape index (κ1) is 12.3. The fourth-order valence-corrected chi connectivity index (χ4v) is 2.65. The number of rotatable bonds is 5. The maximum absolute atomic E-state index is 4.51. The Bertz CT molecular complexity index is 540. The van der Waals surface area contributed by atoms with Gasteiger partial charge in [-0.2, -0.15) is 5.10 Å². The predicted molar refractivity (Wildman–Crippen MR) is 78.1 cm³/mol. The summed E-state index contributed by atoms with van der Waals surface area (Å²) in [7, 11) is 1.99. The minimum absolute atomic E-state index is 0.427. The highest BCUT2D eigenvalue weighted by Crippen LogP contribution is 2.43. The lowest BCUT2D eigenvalue weighted by atomic mass is 10.0. The summed E-state index contributed by atoms with van der Waals surface area (Å²) in [5.41, 5.74) is 3.73. The van der Waals surface area contributed by atoms with E-state index in [1.807, 2.05) is 11.7 Å². The third kappa shape index (κ3) is 2.65. The quantitative estimate of drug-likeness (QED) is 0.885. The van der Waals surface area contributed by atoms with Gasteiger partial charge in [-0.1, -0.05) is 37.3 Å². The minimum Gasteiger partial charge on any atom is -0.375 e. The van der Waals surface area contributed by atoms with Gasteiger partial charge in [0.2, 0.25) is 0 Å². The maximum atomic E-state index is 4.51. The predicted octanol–water partition coefficient (Wildman–Crippen LogP) is 3.55. The van der Waals surface area contributed by atoms with Crippen molar-refractivity contribution in [3.63, 3.8) is 0 Å². The zero-order chi connectivity index (χ0) is 13.2. The summed E-state index contributed by atoms with van der Waals surface area (Å²) in [6.07, 6.45) is 5.72. The number of hydrogen-bond donors (Lipinski definition) is 1. The third-order valence-electron chi connectivity index (χ3n) is 3.80. The van der Waals surface area contributed by atoms with Crippen LogP contribution in [0.4, 0.5) is 5.69 Å².